The maximum absolute atomic E-state index is 12.1. The minimum Gasteiger partial charge on any atom is -0.352 e. The molecule has 0 aliphatic carbocycles. The van der Waals surface area contributed by atoms with E-state index in [2.05, 4.69) is 41.5 Å². The molecule has 0 bridgehead atoms. The smallest absolute Gasteiger partial charge is 0.251 e. The highest BCUT2D eigenvalue weighted by molar-refractivity contribution is 9.10. The van der Waals surface area contributed by atoms with Crippen molar-refractivity contribution in [1.82, 2.24) is 20.2 Å². The molecule has 0 saturated carbocycles. The molecule has 0 spiro atoms. The van der Waals surface area contributed by atoms with Gasteiger partial charge in [0, 0.05) is 36.0 Å². The van der Waals surface area contributed by atoms with E-state index in [9.17, 15) is 18.0 Å². The van der Waals surface area contributed by atoms with Crippen molar-refractivity contribution in [2.45, 2.75) is 17.7 Å². The number of amides is 2. The summed E-state index contributed by atoms with van der Waals surface area (Å²) in [5.41, 5.74) is 0.549. The fourth-order valence-corrected chi connectivity index (χ4v) is 4.79. The number of halogens is 1. The van der Waals surface area contributed by atoms with Gasteiger partial charge >= 0.3 is 0 Å². The average Bonchev–Trinajstić information content (AvgIpc) is 3.21. The topological polar surface area (TPSA) is 130 Å². The van der Waals surface area contributed by atoms with Gasteiger partial charge in [-0.25, -0.2) is 13.1 Å². The fraction of sp³-hybridized carbons (Fsp3) is 0.200. The third-order valence-corrected chi connectivity index (χ3v) is 6.99. The number of nitrogens with one attached hydrogen (secondary N) is 3. The SMILES string of the molecule is O=C(CCNS(=O)(=O)c1ccccc1)Nc1nnc(CCNC(=O)c2cccc(Br)c2)s1. The number of hydrogen-bond acceptors (Lipinski definition) is 7. The van der Waals surface area contributed by atoms with Crippen molar-refractivity contribution in [3.05, 3.63) is 69.6 Å². The molecular formula is C20H20BrN5O4S2. The number of sulfonamides is 1. The summed E-state index contributed by atoms with van der Waals surface area (Å²) in [6, 6.07) is 15.0. The predicted octanol–water partition coefficient (Wildman–Crippen LogP) is 2.58. The van der Waals surface area contributed by atoms with E-state index >= 15 is 0 Å². The molecule has 0 aliphatic heterocycles. The largest absolute Gasteiger partial charge is 0.352 e. The van der Waals surface area contributed by atoms with E-state index in [1.54, 1.807) is 36.4 Å². The van der Waals surface area contributed by atoms with Gasteiger partial charge in [-0.05, 0) is 30.3 Å². The lowest BCUT2D eigenvalue weighted by molar-refractivity contribution is -0.116. The zero-order valence-corrected chi connectivity index (χ0v) is 20.0. The zero-order valence-electron chi connectivity index (χ0n) is 16.7. The summed E-state index contributed by atoms with van der Waals surface area (Å²) >= 11 is 4.52. The number of hydrogen-bond donors (Lipinski definition) is 3. The number of nitrogens with zero attached hydrogens (tertiary/aromatic N) is 2. The molecule has 0 atom stereocenters. The summed E-state index contributed by atoms with van der Waals surface area (Å²) in [7, 11) is -3.66. The molecule has 12 heteroatoms. The molecule has 2 aromatic carbocycles. The molecule has 168 valence electrons. The van der Waals surface area contributed by atoms with Crippen molar-refractivity contribution >= 4 is 54.2 Å². The molecule has 3 rings (SSSR count). The molecule has 0 aliphatic rings. The minimum atomic E-state index is -3.66. The molecular weight excluding hydrogens is 518 g/mol. The maximum Gasteiger partial charge on any atom is 0.251 e. The third kappa shape index (κ3) is 7.19. The number of aromatic nitrogens is 2. The Morgan fingerprint density at radius 2 is 1.78 bits per heavy atom. The average molecular weight is 538 g/mol. The zero-order chi connectivity index (χ0) is 23.0. The second kappa shape index (κ2) is 11.3. The van der Waals surface area contributed by atoms with E-state index in [4.69, 9.17) is 0 Å². The van der Waals surface area contributed by atoms with Gasteiger partial charge in [-0.15, -0.1) is 10.2 Å². The molecule has 0 radical (unpaired) electrons. The minimum absolute atomic E-state index is 0.0453. The van der Waals surface area contributed by atoms with Gasteiger partial charge in [0.25, 0.3) is 5.91 Å². The van der Waals surface area contributed by atoms with Crippen molar-refractivity contribution in [2.75, 3.05) is 18.4 Å². The fourth-order valence-electron chi connectivity index (χ4n) is 2.58. The predicted molar refractivity (Wildman–Crippen MR) is 125 cm³/mol. The van der Waals surface area contributed by atoms with Gasteiger partial charge in [0.05, 0.1) is 4.90 Å². The molecule has 0 fully saturated rings. The van der Waals surface area contributed by atoms with Crippen molar-refractivity contribution in [2.24, 2.45) is 0 Å². The van der Waals surface area contributed by atoms with Crippen LogP contribution in [-0.2, 0) is 21.2 Å². The van der Waals surface area contributed by atoms with E-state index in [1.807, 2.05) is 6.07 Å². The maximum atomic E-state index is 12.1. The molecule has 32 heavy (non-hydrogen) atoms. The van der Waals surface area contributed by atoms with Crippen LogP contribution >= 0.6 is 27.3 Å². The van der Waals surface area contributed by atoms with E-state index in [0.717, 1.165) is 4.47 Å². The van der Waals surface area contributed by atoms with Gasteiger partial charge in [-0.3, -0.25) is 9.59 Å². The summed E-state index contributed by atoms with van der Waals surface area (Å²) in [6.07, 6.45) is 0.411. The van der Waals surface area contributed by atoms with Crippen molar-refractivity contribution in [1.29, 1.82) is 0 Å². The lowest BCUT2D eigenvalue weighted by Crippen LogP contribution is -2.27. The first kappa shape index (κ1) is 24.0. The van der Waals surface area contributed by atoms with E-state index in [1.165, 1.54) is 23.5 Å². The molecule has 2 amide bonds. The standard InChI is InChI=1S/C20H20BrN5O4S2/c21-15-6-4-5-14(13-15)19(28)22-11-10-18-25-26-20(31-18)24-17(27)9-12-23-32(29,30)16-7-2-1-3-8-16/h1-8,13,23H,9-12H2,(H,22,28)(H,24,26,27). The lowest BCUT2D eigenvalue weighted by atomic mass is 10.2. The van der Waals surface area contributed by atoms with Gasteiger partial charge in [-0.1, -0.05) is 51.5 Å². The highest BCUT2D eigenvalue weighted by atomic mass is 79.9. The van der Waals surface area contributed by atoms with Gasteiger partial charge in [0.15, 0.2) is 0 Å². The Hall–Kier alpha value is -2.67. The summed E-state index contributed by atoms with van der Waals surface area (Å²) in [4.78, 5) is 24.3. The van der Waals surface area contributed by atoms with Gasteiger partial charge in [0.1, 0.15) is 5.01 Å². The number of carbonyl (C=O) groups excluding carboxylic acids is 2. The van der Waals surface area contributed by atoms with Crippen LogP contribution < -0.4 is 15.4 Å². The number of anilines is 1. The van der Waals surface area contributed by atoms with Gasteiger partial charge < -0.3 is 10.6 Å². The Balaban J connectivity index is 1.40. The highest BCUT2D eigenvalue weighted by Gasteiger charge is 2.14. The van der Waals surface area contributed by atoms with Crippen LogP contribution in [0.1, 0.15) is 21.8 Å². The van der Waals surface area contributed by atoms with Crippen molar-refractivity contribution < 1.29 is 18.0 Å². The van der Waals surface area contributed by atoms with Crippen LogP contribution in [0.5, 0.6) is 0 Å². The van der Waals surface area contributed by atoms with Crippen LogP contribution in [0.25, 0.3) is 0 Å². The van der Waals surface area contributed by atoms with Gasteiger partial charge in [0.2, 0.25) is 21.1 Å². The molecule has 0 unspecified atom stereocenters. The summed E-state index contributed by atoms with van der Waals surface area (Å²) in [5, 5.41) is 14.3. The van der Waals surface area contributed by atoms with Crippen LogP contribution in [0.4, 0.5) is 5.13 Å². The van der Waals surface area contributed by atoms with Crippen molar-refractivity contribution in [3.8, 4) is 0 Å². The quantitative estimate of drug-likeness (QED) is 0.364. The van der Waals surface area contributed by atoms with E-state index in [-0.39, 0.29) is 29.7 Å². The van der Waals surface area contributed by atoms with Crippen LogP contribution in [0, 0.1) is 0 Å². The van der Waals surface area contributed by atoms with Crippen LogP contribution in [-0.4, -0.2) is 43.5 Å². The molecule has 9 nitrogen and oxygen atoms in total. The first-order valence-electron chi connectivity index (χ1n) is 9.54. The molecule has 1 aromatic heterocycles. The Labute approximate surface area is 197 Å². The Kier molecular flexibility index (Phi) is 8.45. The molecule has 3 aromatic rings. The summed E-state index contributed by atoms with van der Waals surface area (Å²) < 4.78 is 27.5. The third-order valence-electron chi connectivity index (χ3n) is 4.12. The Bertz CT molecular complexity index is 1190. The second-order valence-corrected chi connectivity index (χ2v) is 10.3. The van der Waals surface area contributed by atoms with E-state index in [0.29, 0.717) is 28.7 Å². The molecule has 1 heterocycles. The lowest BCUT2D eigenvalue weighted by Gasteiger charge is -2.06. The first-order valence-corrected chi connectivity index (χ1v) is 12.6. The number of carbonyl (C=O) groups is 2. The molecule has 3 N–H and O–H groups in total. The summed E-state index contributed by atoms with van der Waals surface area (Å²) in [6.45, 7) is 0.325. The first-order chi connectivity index (χ1) is 15.3. The monoisotopic (exact) mass is 537 g/mol. The number of benzene rings is 2. The van der Waals surface area contributed by atoms with Crippen LogP contribution in [0.2, 0.25) is 0 Å². The van der Waals surface area contributed by atoms with E-state index < -0.39 is 10.0 Å². The van der Waals surface area contributed by atoms with Crippen LogP contribution in [0.15, 0.2) is 64.0 Å². The second-order valence-electron chi connectivity index (χ2n) is 6.53. The normalized spacial score (nSPS) is 11.2. The van der Waals surface area contributed by atoms with Crippen molar-refractivity contribution in [3.63, 3.8) is 0 Å². The van der Waals surface area contributed by atoms with Crippen LogP contribution in [0.3, 0.4) is 0 Å². The van der Waals surface area contributed by atoms with Gasteiger partial charge in [-0.2, -0.15) is 0 Å². The Morgan fingerprint density at radius 1 is 1.00 bits per heavy atom. The summed E-state index contributed by atoms with van der Waals surface area (Å²) in [5.74, 6) is -0.575. The number of rotatable bonds is 10. The Morgan fingerprint density at radius 3 is 2.53 bits per heavy atom. The highest BCUT2D eigenvalue weighted by Crippen LogP contribution is 2.16. The molecule has 0 saturated heterocycles.